The van der Waals surface area contributed by atoms with E-state index >= 15 is 0 Å². The molecule has 0 aliphatic carbocycles. The molecule has 0 saturated carbocycles. The lowest BCUT2D eigenvalue weighted by atomic mass is 10.00. The number of benzene rings is 1. The van der Waals surface area contributed by atoms with Crippen LogP contribution in [-0.4, -0.2) is 27.4 Å². The molecule has 0 bridgehead atoms. The second-order valence-corrected chi connectivity index (χ2v) is 7.51. The Labute approximate surface area is 157 Å². The van der Waals surface area contributed by atoms with Crippen molar-refractivity contribution in [3.63, 3.8) is 0 Å². The normalized spacial score (nSPS) is 18.0. The van der Waals surface area contributed by atoms with Crippen LogP contribution < -0.4 is 5.32 Å². The number of para-hydroxylation sites is 1. The fourth-order valence-corrected chi connectivity index (χ4v) is 4.07. The summed E-state index contributed by atoms with van der Waals surface area (Å²) in [7, 11) is 0. The number of aromatic amines is 1. The van der Waals surface area contributed by atoms with E-state index in [4.69, 9.17) is 0 Å². The molecule has 1 aliphatic rings. The maximum Gasteiger partial charge on any atom is 0.427 e. The number of anilines is 1. The molecule has 2 aromatic heterocycles. The van der Waals surface area contributed by atoms with Crippen molar-refractivity contribution >= 4 is 33.4 Å². The minimum atomic E-state index is -4.46. The van der Waals surface area contributed by atoms with Crippen LogP contribution in [0.3, 0.4) is 0 Å². The summed E-state index contributed by atoms with van der Waals surface area (Å²) in [5, 5.41) is 3.53. The van der Waals surface area contributed by atoms with Crippen molar-refractivity contribution in [3.05, 3.63) is 47.1 Å². The van der Waals surface area contributed by atoms with Crippen molar-refractivity contribution in [1.82, 2.24) is 14.9 Å². The molecule has 4 rings (SSSR count). The van der Waals surface area contributed by atoms with E-state index in [9.17, 15) is 18.0 Å². The lowest BCUT2D eigenvalue weighted by Gasteiger charge is -2.35. The summed E-state index contributed by atoms with van der Waals surface area (Å²) in [4.78, 5) is 20.6. The van der Waals surface area contributed by atoms with E-state index in [1.165, 1.54) is 0 Å². The van der Waals surface area contributed by atoms with Crippen molar-refractivity contribution < 1.29 is 18.0 Å². The van der Waals surface area contributed by atoms with Crippen molar-refractivity contribution in [2.75, 3.05) is 11.9 Å². The number of H-pyrrole nitrogens is 1. The van der Waals surface area contributed by atoms with Gasteiger partial charge in [0.05, 0.1) is 12.2 Å². The van der Waals surface area contributed by atoms with Gasteiger partial charge in [-0.05, 0) is 36.8 Å². The largest absolute Gasteiger partial charge is 0.427 e. The summed E-state index contributed by atoms with van der Waals surface area (Å²) < 4.78 is 38.2. The monoisotopic (exact) mass is 394 g/mol. The van der Waals surface area contributed by atoms with Crippen molar-refractivity contribution in [2.24, 2.45) is 0 Å². The van der Waals surface area contributed by atoms with Gasteiger partial charge in [0.15, 0.2) is 5.13 Å². The molecule has 142 valence electrons. The molecule has 9 heteroatoms. The van der Waals surface area contributed by atoms with Crippen LogP contribution >= 0.6 is 11.3 Å². The topological polar surface area (TPSA) is 61.0 Å². The fourth-order valence-electron chi connectivity index (χ4n) is 3.40. The Balaban J connectivity index is 1.54. The number of likely N-dealkylation sites (tertiary alicyclic amines) is 1. The number of amides is 2. The van der Waals surface area contributed by atoms with Gasteiger partial charge in [-0.3, -0.25) is 5.32 Å². The molecule has 27 heavy (non-hydrogen) atoms. The number of nitrogens with zero attached hydrogens (tertiary/aromatic N) is 2. The van der Waals surface area contributed by atoms with Gasteiger partial charge in [-0.25, -0.2) is 9.78 Å². The van der Waals surface area contributed by atoms with Crippen LogP contribution in [-0.2, 0) is 6.18 Å². The average molecular weight is 394 g/mol. The highest BCUT2D eigenvalue weighted by molar-refractivity contribution is 7.15. The van der Waals surface area contributed by atoms with E-state index in [2.05, 4.69) is 15.3 Å². The molecule has 2 amide bonds. The van der Waals surface area contributed by atoms with Crippen LogP contribution in [0.5, 0.6) is 0 Å². The number of carbonyl (C=O) groups is 1. The number of urea groups is 1. The van der Waals surface area contributed by atoms with E-state index in [0.29, 0.717) is 17.9 Å². The molecule has 3 aromatic rings. The first kappa shape index (κ1) is 17.8. The van der Waals surface area contributed by atoms with E-state index in [1.54, 1.807) is 4.90 Å². The Kier molecular flexibility index (Phi) is 4.55. The predicted molar refractivity (Wildman–Crippen MR) is 97.7 cm³/mol. The van der Waals surface area contributed by atoms with Crippen LogP contribution in [0.15, 0.2) is 36.5 Å². The van der Waals surface area contributed by atoms with Gasteiger partial charge in [0, 0.05) is 17.8 Å². The molecule has 2 N–H and O–H groups in total. The molecule has 1 unspecified atom stereocenters. The zero-order chi connectivity index (χ0) is 19.0. The van der Waals surface area contributed by atoms with Gasteiger partial charge in [0.1, 0.15) is 4.88 Å². The quantitative estimate of drug-likeness (QED) is 0.611. The van der Waals surface area contributed by atoms with E-state index in [1.807, 2.05) is 30.3 Å². The summed E-state index contributed by atoms with van der Waals surface area (Å²) in [6.45, 7) is 0.545. The molecule has 1 aromatic carbocycles. The second kappa shape index (κ2) is 6.88. The van der Waals surface area contributed by atoms with E-state index in [-0.39, 0.29) is 11.2 Å². The van der Waals surface area contributed by atoms with Gasteiger partial charge in [0.25, 0.3) is 0 Å². The maximum absolute atomic E-state index is 12.7. The van der Waals surface area contributed by atoms with Gasteiger partial charge < -0.3 is 9.88 Å². The maximum atomic E-state index is 12.7. The fraction of sp³-hybridized carbons (Fsp3) is 0.333. The third-order valence-electron chi connectivity index (χ3n) is 4.67. The van der Waals surface area contributed by atoms with Gasteiger partial charge in [-0.2, -0.15) is 13.2 Å². The Morgan fingerprint density at radius 1 is 1.30 bits per heavy atom. The SMILES string of the molecule is O=C(Nc1ncc(C(F)(F)F)s1)N1CCCCC1c1cc2ccccc2[nH]1. The third-order valence-corrected chi connectivity index (χ3v) is 5.63. The minimum Gasteiger partial charge on any atom is -0.357 e. The summed E-state index contributed by atoms with van der Waals surface area (Å²) >= 11 is 0.430. The van der Waals surface area contributed by atoms with Crippen LogP contribution in [0.25, 0.3) is 10.9 Å². The second-order valence-electron chi connectivity index (χ2n) is 6.47. The number of fused-ring (bicyclic) bond motifs is 1. The first-order chi connectivity index (χ1) is 12.9. The summed E-state index contributed by atoms with van der Waals surface area (Å²) in [6, 6.07) is 9.31. The molecular formula is C18H17F3N4OS. The molecule has 1 saturated heterocycles. The summed E-state index contributed by atoms with van der Waals surface area (Å²) in [6.07, 6.45) is -1.08. The van der Waals surface area contributed by atoms with Crippen LogP contribution in [0.1, 0.15) is 35.9 Å². The Morgan fingerprint density at radius 3 is 2.85 bits per heavy atom. The lowest BCUT2D eigenvalue weighted by Crippen LogP contribution is -2.41. The number of piperidine rings is 1. The van der Waals surface area contributed by atoms with Crippen LogP contribution in [0.4, 0.5) is 23.1 Å². The number of hydrogen-bond acceptors (Lipinski definition) is 3. The van der Waals surface area contributed by atoms with Crippen molar-refractivity contribution in [2.45, 2.75) is 31.5 Å². The van der Waals surface area contributed by atoms with Crippen LogP contribution in [0.2, 0.25) is 0 Å². The number of thiazole rings is 1. The molecule has 3 heterocycles. The standard InChI is InChI=1S/C18H17F3N4OS/c19-18(20,21)15-10-22-16(27-15)24-17(26)25-8-4-3-7-14(25)13-9-11-5-1-2-6-12(11)23-13/h1-2,5-6,9-10,14,23H,3-4,7-8H2,(H,22,24,26). The highest BCUT2D eigenvalue weighted by Crippen LogP contribution is 2.36. The number of alkyl halides is 3. The summed E-state index contributed by atoms with van der Waals surface area (Å²) in [5.41, 5.74) is 1.93. The van der Waals surface area contributed by atoms with Gasteiger partial charge in [-0.15, -0.1) is 0 Å². The highest BCUT2D eigenvalue weighted by atomic mass is 32.1. The van der Waals surface area contributed by atoms with Crippen molar-refractivity contribution in [3.8, 4) is 0 Å². The average Bonchev–Trinajstić information content (AvgIpc) is 3.28. The lowest BCUT2D eigenvalue weighted by molar-refractivity contribution is -0.134. The first-order valence-corrected chi connectivity index (χ1v) is 9.42. The van der Waals surface area contributed by atoms with E-state index in [0.717, 1.165) is 42.1 Å². The molecule has 1 aliphatic heterocycles. The number of aromatic nitrogens is 2. The van der Waals surface area contributed by atoms with E-state index < -0.39 is 17.1 Å². The highest BCUT2D eigenvalue weighted by Gasteiger charge is 2.34. The number of rotatable bonds is 2. The number of carbonyl (C=O) groups excluding carboxylic acids is 1. The minimum absolute atomic E-state index is 0.0479. The predicted octanol–water partition coefficient (Wildman–Crippen LogP) is 5.40. The molecule has 0 spiro atoms. The van der Waals surface area contributed by atoms with Gasteiger partial charge >= 0.3 is 12.2 Å². The molecule has 0 radical (unpaired) electrons. The zero-order valence-corrected chi connectivity index (χ0v) is 15.0. The molecule has 1 atom stereocenters. The Morgan fingerprint density at radius 2 is 2.11 bits per heavy atom. The number of halogens is 3. The molecule has 1 fully saturated rings. The zero-order valence-electron chi connectivity index (χ0n) is 14.2. The number of hydrogen-bond donors (Lipinski definition) is 2. The molecular weight excluding hydrogens is 377 g/mol. The Bertz CT molecular complexity index is 932. The van der Waals surface area contributed by atoms with Crippen molar-refractivity contribution in [1.29, 1.82) is 0 Å². The van der Waals surface area contributed by atoms with Crippen LogP contribution in [0, 0.1) is 0 Å². The third kappa shape index (κ3) is 3.64. The Hall–Kier alpha value is -2.55. The van der Waals surface area contributed by atoms with Gasteiger partial charge in [-0.1, -0.05) is 29.5 Å². The first-order valence-electron chi connectivity index (χ1n) is 8.60. The smallest absolute Gasteiger partial charge is 0.357 e. The molecule has 5 nitrogen and oxygen atoms in total. The summed E-state index contributed by atoms with van der Waals surface area (Å²) in [5.74, 6) is 0. The van der Waals surface area contributed by atoms with Gasteiger partial charge in [0.2, 0.25) is 0 Å². The number of nitrogens with one attached hydrogen (secondary N) is 2.